The van der Waals surface area contributed by atoms with E-state index in [4.69, 9.17) is 4.74 Å². The zero-order valence-electron chi connectivity index (χ0n) is 10.1. The number of hydrogen-bond acceptors (Lipinski definition) is 3. The molecule has 1 aliphatic rings. The minimum Gasteiger partial charge on any atom is -0.375 e. The average Bonchev–Trinajstić information content (AvgIpc) is 2.30. The summed E-state index contributed by atoms with van der Waals surface area (Å²) in [6.45, 7) is 1.53. The van der Waals surface area contributed by atoms with Gasteiger partial charge in [0.1, 0.15) is 6.61 Å². The lowest BCUT2D eigenvalue weighted by Gasteiger charge is -2.32. The number of likely N-dealkylation sites (tertiary alicyclic amines) is 1. The fourth-order valence-corrected chi connectivity index (χ4v) is 2.23. The van der Waals surface area contributed by atoms with Crippen molar-refractivity contribution in [2.75, 3.05) is 32.1 Å². The molecule has 1 N–H and O–H groups in total. The number of hydrogen-bond donors (Lipinski definition) is 1. The van der Waals surface area contributed by atoms with E-state index in [2.05, 4.69) is 21.2 Å². The lowest BCUT2D eigenvalue weighted by atomic mass is 10.0. The first-order valence-corrected chi connectivity index (χ1v) is 6.91. The van der Waals surface area contributed by atoms with Crippen LogP contribution < -0.4 is 5.32 Å². The summed E-state index contributed by atoms with van der Waals surface area (Å²) >= 11 is 3.23. The summed E-state index contributed by atoms with van der Waals surface area (Å²) < 4.78 is 4.81. The summed E-state index contributed by atoms with van der Waals surface area (Å²) in [5.41, 5.74) is 0. The van der Waals surface area contributed by atoms with Gasteiger partial charge in [0.05, 0.1) is 0 Å². The van der Waals surface area contributed by atoms with E-state index in [0.717, 1.165) is 12.8 Å². The van der Waals surface area contributed by atoms with Crippen LogP contribution in [0, 0.1) is 0 Å². The molecule has 0 bridgehead atoms. The van der Waals surface area contributed by atoms with E-state index in [1.807, 2.05) is 0 Å². The maximum Gasteiger partial charge on any atom is 0.248 e. The number of piperidine rings is 1. The number of carbonyl (C=O) groups excluding carboxylic acids is 2. The van der Waals surface area contributed by atoms with Gasteiger partial charge in [-0.3, -0.25) is 9.59 Å². The van der Waals surface area contributed by atoms with Crippen molar-refractivity contribution in [1.29, 1.82) is 0 Å². The summed E-state index contributed by atoms with van der Waals surface area (Å²) in [6.07, 6.45) is 2.15. The molecule has 5 nitrogen and oxygen atoms in total. The molecule has 17 heavy (non-hydrogen) atoms. The summed E-state index contributed by atoms with van der Waals surface area (Å²) in [7, 11) is 1.52. The summed E-state index contributed by atoms with van der Waals surface area (Å²) in [4.78, 5) is 24.7. The monoisotopic (exact) mass is 306 g/mol. The van der Waals surface area contributed by atoms with Gasteiger partial charge in [-0.2, -0.15) is 0 Å². The van der Waals surface area contributed by atoms with Crippen molar-refractivity contribution in [2.24, 2.45) is 0 Å². The van der Waals surface area contributed by atoms with Crippen molar-refractivity contribution >= 4 is 27.7 Å². The predicted molar refractivity (Wildman–Crippen MR) is 68.0 cm³/mol. The largest absolute Gasteiger partial charge is 0.375 e. The van der Waals surface area contributed by atoms with Crippen molar-refractivity contribution in [3.8, 4) is 0 Å². The first kappa shape index (κ1) is 14.4. The first-order valence-electron chi connectivity index (χ1n) is 5.79. The van der Waals surface area contributed by atoms with Crippen LogP contribution in [0.25, 0.3) is 0 Å². The SMILES string of the molecule is COCC(=O)N1CCC(NC(=O)CCBr)CC1. The number of nitrogens with one attached hydrogen (secondary N) is 1. The van der Waals surface area contributed by atoms with Crippen LogP contribution >= 0.6 is 15.9 Å². The highest BCUT2D eigenvalue weighted by atomic mass is 79.9. The molecule has 98 valence electrons. The van der Waals surface area contributed by atoms with E-state index in [-0.39, 0.29) is 24.5 Å². The Kier molecular flexibility index (Phi) is 6.50. The van der Waals surface area contributed by atoms with Gasteiger partial charge in [-0.25, -0.2) is 0 Å². The van der Waals surface area contributed by atoms with Crippen molar-refractivity contribution < 1.29 is 14.3 Å². The maximum absolute atomic E-state index is 11.5. The van der Waals surface area contributed by atoms with Gasteiger partial charge >= 0.3 is 0 Å². The van der Waals surface area contributed by atoms with Gasteiger partial charge < -0.3 is 15.0 Å². The Morgan fingerprint density at radius 3 is 2.59 bits per heavy atom. The number of alkyl halides is 1. The Morgan fingerprint density at radius 2 is 2.06 bits per heavy atom. The van der Waals surface area contributed by atoms with Crippen LogP contribution in [0.1, 0.15) is 19.3 Å². The molecule has 0 saturated carbocycles. The first-order chi connectivity index (χ1) is 8.17. The third-order valence-electron chi connectivity index (χ3n) is 2.80. The molecule has 0 aromatic heterocycles. The van der Waals surface area contributed by atoms with E-state index in [1.165, 1.54) is 7.11 Å². The molecule has 6 heteroatoms. The fraction of sp³-hybridized carbons (Fsp3) is 0.818. The maximum atomic E-state index is 11.5. The smallest absolute Gasteiger partial charge is 0.248 e. The quantitative estimate of drug-likeness (QED) is 0.754. The highest BCUT2D eigenvalue weighted by molar-refractivity contribution is 9.09. The Balaban J connectivity index is 2.26. The van der Waals surface area contributed by atoms with Crippen LogP contribution in [0.15, 0.2) is 0 Å². The molecule has 0 aliphatic carbocycles. The fourth-order valence-electron chi connectivity index (χ4n) is 1.87. The summed E-state index contributed by atoms with van der Waals surface area (Å²) in [5.74, 6) is 0.0984. The number of nitrogens with zero attached hydrogens (tertiary/aromatic N) is 1. The Bertz CT molecular complexity index is 265. The van der Waals surface area contributed by atoms with Crippen molar-refractivity contribution in [3.05, 3.63) is 0 Å². The Labute approximate surface area is 110 Å². The van der Waals surface area contributed by atoms with E-state index in [1.54, 1.807) is 4.90 Å². The highest BCUT2D eigenvalue weighted by Crippen LogP contribution is 2.10. The molecule has 0 aromatic rings. The number of amides is 2. The molecular formula is C11H19BrN2O3. The second kappa shape index (κ2) is 7.66. The average molecular weight is 307 g/mol. The third-order valence-corrected chi connectivity index (χ3v) is 3.20. The molecule has 1 aliphatic heterocycles. The van der Waals surface area contributed by atoms with Crippen LogP contribution in [-0.4, -0.2) is 54.9 Å². The van der Waals surface area contributed by atoms with Crippen LogP contribution in [0.5, 0.6) is 0 Å². The molecule has 0 atom stereocenters. The van der Waals surface area contributed by atoms with E-state index < -0.39 is 0 Å². The van der Waals surface area contributed by atoms with Crippen molar-refractivity contribution in [1.82, 2.24) is 10.2 Å². The van der Waals surface area contributed by atoms with Crippen LogP contribution in [0.2, 0.25) is 0 Å². The van der Waals surface area contributed by atoms with Gasteiger partial charge in [0.25, 0.3) is 0 Å². The summed E-state index contributed by atoms with van der Waals surface area (Å²) in [5, 5.41) is 3.66. The van der Waals surface area contributed by atoms with Gasteiger partial charge in [0, 0.05) is 38.0 Å². The van der Waals surface area contributed by atoms with Gasteiger partial charge in [0.2, 0.25) is 11.8 Å². The minimum atomic E-state index is 0.0257. The molecule has 1 heterocycles. The zero-order chi connectivity index (χ0) is 12.7. The van der Waals surface area contributed by atoms with Gasteiger partial charge in [-0.05, 0) is 12.8 Å². The normalized spacial score (nSPS) is 16.9. The molecule has 0 spiro atoms. The van der Waals surface area contributed by atoms with Crippen molar-refractivity contribution in [3.63, 3.8) is 0 Å². The molecule has 1 saturated heterocycles. The highest BCUT2D eigenvalue weighted by Gasteiger charge is 2.23. The number of halogens is 1. The van der Waals surface area contributed by atoms with E-state index in [0.29, 0.717) is 24.8 Å². The Hall–Kier alpha value is -0.620. The number of carbonyl (C=O) groups is 2. The van der Waals surface area contributed by atoms with Crippen LogP contribution in [0.3, 0.4) is 0 Å². The van der Waals surface area contributed by atoms with Gasteiger partial charge in [0.15, 0.2) is 0 Å². The van der Waals surface area contributed by atoms with Crippen molar-refractivity contribution in [2.45, 2.75) is 25.3 Å². The van der Waals surface area contributed by atoms with Crippen LogP contribution in [-0.2, 0) is 14.3 Å². The second-order valence-electron chi connectivity index (χ2n) is 4.09. The molecule has 0 radical (unpaired) electrons. The topological polar surface area (TPSA) is 58.6 Å². The molecule has 0 aromatic carbocycles. The van der Waals surface area contributed by atoms with E-state index >= 15 is 0 Å². The minimum absolute atomic E-state index is 0.0257. The second-order valence-corrected chi connectivity index (χ2v) is 4.89. The summed E-state index contributed by atoms with van der Waals surface area (Å²) in [6, 6.07) is 0.202. The lowest BCUT2D eigenvalue weighted by Crippen LogP contribution is -2.47. The molecule has 0 unspecified atom stereocenters. The molecule has 1 rings (SSSR count). The number of ether oxygens (including phenoxy) is 1. The predicted octanol–water partition coefficient (Wildman–Crippen LogP) is 0.525. The lowest BCUT2D eigenvalue weighted by molar-refractivity contribution is -0.136. The van der Waals surface area contributed by atoms with E-state index in [9.17, 15) is 9.59 Å². The van der Waals surface area contributed by atoms with Gasteiger partial charge in [-0.15, -0.1) is 0 Å². The van der Waals surface area contributed by atoms with Crippen LogP contribution in [0.4, 0.5) is 0 Å². The Morgan fingerprint density at radius 1 is 1.41 bits per heavy atom. The molecule has 1 fully saturated rings. The zero-order valence-corrected chi connectivity index (χ0v) is 11.7. The number of rotatable bonds is 5. The third kappa shape index (κ3) is 5.04. The standard InChI is InChI=1S/C11H19BrN2O3/c1-17-8-11(16)14-6-3-9(4-7-14)13-10(15)2-5-12/h9H,2-8H2,1H3,(H,13,15). The molecule has 2 amide bonds. The molecular weight excluding hydrogens is 288 g/mol. The number of methoxy groups -OCH3 is 1. The van der Waals surface area contributed by atoms with Gasteiger partial charge in [-0.1, -0.05) is 15.9 Å².